The molecule has 0 saturated heterocycles. The average molecular weight is 246 g/mol. The number of benzene rings is 1. The summed E-state index contributed by atoms with van der Waals surface area (Å²) < 4.78 is 5.49. The second kappa shape index (κ2) is 7.03. The van der Waals surface area contributed by atoms with Crippen molar-refractivity contribution in [3.05, 3.63) is 29.3 Å². The molecule has 98 valence electrons. The van der Waals surface area contributed by atoms with E-state index in [1.165, 1.54) is 0 Å². The molecule has 1 atom stereocenters. The van der Waals surface area contributed by atoms with Crippen LogP contribution in [0.1, 0.15) is 31.9 Å². The number of aryl methyl sites for hydroxylation is 1. The Morgan fingerprint density at radius 1 is 1.39 bits per heavy atom. The minimum atomic E-state index is 0.221. The first kappa shape index (κ1) is 14.5. The van der Waals surface area contributed by atoms with Gasteiger partial charge in [-0.3, -0.25) is 0 Å². The first-order valence-electron chi connectivity index (χ1n) is 6.43. The lowest BCUT2D eigenvalue weighted by atomic mass is 10.0. The lowest BCUT2D eigenvalue weighted by Crippen LogP contribution is -2.31. The molecule has 3 nitrogen and oxygen atoms in total. The number of nitrogens with zero attached hydrogens (tertiary/aromatic N) is 1. The molecule has 3 heteroatoms. The van der Waals surface area contributed by atoms with Gasteiger partial charge in [-0.1, -0.05) is 19.9 Å². The highest BCUT2D eigenvalue weighted by Crippen LogP contribution is 2.19. The molecule has 1 aromatic rings. The van der Waals surface area contributed by atoms with Crippen LogP contribution < -0.4 is 5.32 Å². The molecule has 0 heterocycles. The molecule has 18 heavy (non-hydrogen) atoms. The quantitative estimate of drug-likeness (QED) is 0.837. The van der Waals surface area contributed by atoms with Crippen LogP contribution in [0.3, 0.4) is 0 Å². The van der Waals surface area contributed by atoms with Crippen LogP contribution in [0, 0.1) is 24.2 Å². The zero-order valence-corrected chi connectivity index (χ0v) is 11.7. The van der Waals surface area contributed by atoms with E-state index < -0.39 is 0 Å². The number of nitrogens with one attached hydrogen (secondary N) is 1. The summed E-state index contributed by atoms with van der Waals surface area (Å²) in [5, 5.41) is 12.5. The topological polar surface area (TPSA) is 45.0 Å². The highest BCUT2D eigenvalue weighted by atomic mass is 16.5. The van der Waals surface area contributed by atoms with Crippen LogP contribution in [-0.2, 0) is 4.74 Å². The van der Waals surface area contributed by atoms with E-state index in [1.807, 2.05) is 32.0 Å². The number of anilines is 1. The first-order chi connectivity index (χ1) is 8.58. The summed E-state index contributed by atoms with van der Waals surface area (Å²) in [6.07, 6.45) is 0. The van der Waals surface area contributed by atoms with Gasteiger partial charge in [0.25, 0.3) is 0 Å². The van der Waals surface area contributed by atoms with E-state index in [2.05, 4.69) is 25.2 Å². The largest absolute Gasteiger partial charge is 0.380 e. The van der Waals surface area contributed by atoms with E-state index in [1.54, 1.807) is 0 Å². The van der Waals surface area contributed by atoms with Crippen molar-refractivity contribution < 1.29 is 4.74 Å². The minimum Gasteiger partial charge on any atom is -0.380 e. The van der Waals surface area contributed by atoms with Crippen LogP contribution in [0.25, 0.3) is 0 Å². The molecule has 0 aliphatic heterocycles. The van der Waals surface area contributed by atoms with E-state index in [0.29, 0.717) is 24.7 Å². The van der Waals surface area contributed by atoms with Crippen molar-refractivity contribution in [1.82, 2.24) is 0 Å². The Balaban J connectivity index is 2.86. The fraction of sp³-hybridized carbons (Fsp3) is 0.533. The summed E-state index contributed by atoms with van der Waals surface area (Å²) in [5.41, 5.74) is 2.73. The van der Waals surface area contributed by atoms with Gasteiger partial charge >= 0.3 is 0 Å². The highest BCUT2D eigenvalue weighted by molar-refractivity contribution is 5.59. The lowest BCUT2D eigenvalue weighted by molar-refractivity contribution is 0.127. The van der Waals surface area contributed by atoms with Crippen LogP contribution in [0.15, 0.2) is 18.2 Å². The zero-order valence-electron chi connectivity index (χ0n) is 11.7. The molecule has 0 aliphatic carbocycles. The molecule has 0 spiro atoms. The third-order valence-electron chi connectivity index (χ3n) is 2.94. The SMILES string of the molecule is CCOCC(Nc1cc(C)ccc1C#N)C(C)C. The van der Waals surface area contributed by atoms with E-state index in [9.17, 15) is 0 Å². The van der Waals surface area contributed by atoms with Gasteiger partial charge in [0.1, 0.15) is 6.07 Å². The summed E-state index contributed by atoms with van der Waals surface area (Å²) in [6, 6.07) is 8.27. The van der Waals surface area contributed by atoms with Crippen molar-refractivity contribution in [2.24, 2.45) is 5.92 Å². The zero-order chi connectivity index (χ0) is 13.5. The van der Waals surface area contributed by atoms with Gasteiger partial charge in [-0.15, -0.1) is 0 Å². The maximum absolute atomic E-state index is 9.12. The van der Waals surface area contributed by atoms with Gasteiger partial charge in [-0.25, -0.2) is 0 Å². The molecule has 1 unspecified atom stereocenters. The van der Waals surface area contributed by atoms with Gasteiger partial charge in [-0.2, -0.15) is 5.26 Å². The summed E-state index contributed by atoms with van der Waals surface area (Å²) in [6.45, 7) is 9.69. The molecule has 1 N–H and O–H groups in total. The Bertz CT molecular complexity index is 421. The van der Waals surface area contributed by atoms with Gasteiger partial charge in [0, 0.05) is 6.61 Å². The second-order valence-corrected chi connectivity index (χ2v) is 4.82. The van der Waals surface area contributed by atoms with Crippen molar-refractivity contribution >= 4 is 5.69 Å². The van der Waals surface area contributed by atoms with Crippen molar-refractivity contribution in [3.8, 4) is 6.07 Å². The summed E-state index contributed by atoms with van der Waals surface area (Å²) in [5.74, 6) is 0.448. The van der Waals surface area contributed by atoms with E-state index >= 15 is 0 Å². The van der Waals surface area contributed by atoms with Crippen molar-refractivity contribution in [1.29, 1.82) is 5.26 Å². The van der Waals surface area contributed by atoms with E-state index in [0.717, 1.165) is 11.3 Å². The lowest BCUT2D eigenvalue weighted by Gasteiger charge is -2.24. The third-order valence-corrected chi connectivity index (χ3v) is 2.94. The first-order valence-corrected chi connectivity index (χ1v) is 6.43. The van der Waals surface area contributed by atoms with Gasteiger partial charge in [0.15, 0.2) is 0 Å². The molecular weight excluding hydrogens is 224 g/mol. The predicted molar refractivity (Wildman–Crippen MR) is 74.6 cm³/mol. The van der Waals surface area contributed by atoms with Crippen LogP contribution in [0.4, 0.5) is 5.69 Å². The van der Waals surface area contributed by atoms with Gasteiger partial charge in [0.2, 0.25) is 0 Å². The standard InChI is InChI=1S/C15H22N2O/c1-5-18-10-15(11(2)3)17-14-8-12(4)6-7-13(14)9-16/h6-8,11,15,17H,5,10H2,1-4H3. The van der Waals surface area contributed by atoms with Crippen LogP contribution in [-0.4, -0.2) is 19.3 Å². The molecule has 0 fully saturated rings. The maximum atomic E-state index is 9.12. The average Bonchev–Trinajstić information content (AvgIpc) is 2.34. The minimum absolute atomic E-state index is 0.221. The molecule has 0 bridgehead atoms. The maximum Gasteiger partial charge on any atom is 0.101 e. The van der Waals surface area contributed by atoms with Crippen molar-refractivity contribution in [3.63, 3.8) is 0 Å². The normalized spacial score (nSPS) is 12.2. The molecule has 1 rings (SSSR count). The number of ether oxygens (including phenoxy) is 1. The van der Waals surface area contributed by atoms with Crippen LogP contribution in [0.5, 0.6) is 0 Å². The molecule has 0 amide bonds. The Hall–Kier alpha value is -1.53. The van der Waals surface area contributed by atoms with Gasteiger partial charge < -0.3 is 10.1 Å². The number of rotatable bonds is 6. The van der Waals surface area contributed by atoms with Gasteiger partial charge in [-0.05, 0) is 37.5 Å². The Morgan fingerprint density at radius 3 is 2.67 bits per heavy atom. The predicted octanol–water partition coefficient (Wildman–Crippen LogP) is 3.34. The molecule has 0 aromatic heterocycles. The molecule has 0 radical (unpaired) electrons. The molecular formula is C15H22N2O. The van der Waals surface area contributed by atoms with E-state index in [4.69, 9.17) is 10.00 Å². The van der Waals surface area contributed by atoms with Crippen LogP contribution >= 0.6 is 0 Å². The fourth-order valence-electron chi connectivity index (χ4n) is 1.72. The third kappa shape index (κ3) is 4.05. The summed E-state index contributed by atoms with van der Waals surface area (Å²) >= 11 is 0. The fourth-order valence-corrected chi connectivity index (χ4v) is 1.72. The summed E-state index contributed by atoms with van der Waals surface area (Å²) in [4.78, 5) is 0. The molecule has 1 aromatic carbocycles. The molecule has 0 aliphatic rings. The Labute approximate surface area is 110 Å². The number of hydrogen-bond donors (Lipinski definition) is 1. The number of nitriles is 1. The monoisotopic (exact) mass is 246 g/mol. The number of hydrogen-bond acceptors (Lipinski definition) is 3. The smallest absolute Gasteiger partial charge is 0.101 e. The Kier molecular flexibility index (Phi) is 5.67. The van der Waals surface area contributed by atoms with Crippen LogP contribution in [0.2, 0.25) is 0 Å². The molecule has 0 saturated carbocycles. The van der Waals surface area contributed by atoms with Gasteiger partial charge in [0.05, 0.1) is 23.9 Å². The highest BCUT2D eigenvalue weighted by Gasteiger charge is 2.15. The van der Waals surface area contributed by atoms with E-state index in [-0.39, 0.29) is 6.04 Å². The second-order valence-electron chi connectivity index (χ2n) is 4.82. The van der Waals surface area contributed by atoms with Crippen molar-refractivity contribution in [2.75, 3.05) is 18.5 Å². The summed E-state index contributed by atoms with van der Waals surface area (Å²) in [7, 11) is 0. The van der Waals surface area contributed by atoms with Crippen molar-refractivity contribution in [2.45, 2.75) is 33.7 Å². The Morgan fingerprint density at radius 2 is 2.11 bits per heavy atom.